The van der Waals surface area contributed by atoms with Gasteiger partial charge in [-0.25, -0.2) is 0 Å². The zero-order chi connectivity index (χ0) is 16.2. The molecule has 1 aliphatic rings. The number of amides is 1. The van der Waals surface area contributed by atoms with Crippen molar-refractivity contribution >= 4 is 5.91 Å². The van der Waals surface area contributed by atoms with Crippen LogP contribution in [0.3, 0.4) is 0 Å². The number of hydrogen-bond acceptors (Lipinski definition) is 5. The van der Waals surface area contributed by atoms with Crippen LogP contribution in [0.5, 0.6) is 11.5 Å². The molecule has 1 aromatic carbocycles. The van der Waals surface area contributed by atoms with Gasteiger partial charge in [0, 0.05) is 37.6 Å². The summed E-state index contributed by atoms with van der Waals surface area (Å²) in [5, 5.41) is 4.20. The van der Waals surface area contributed by atoms with Crippen LogP contribution in [-0.4, -0.2) is 53.9 Å². The van der Waals surface area contributed by atoms with Crippen LogP contribution in [0, 0.1) is 0 Å². The van der Waals surface area contributed by atoms with Crippen molar-refractivity contribution in [3.05, 3.63) is 42.2 Å². The Kier molecular flexibility index (Phi) is 4.47. The molecule has 1 aliphatic heterocycles. The molecule has 3 rings (SSSR count). The average molecular weight is 316 g/mol. The fraction of sp³-hybridized carbons (Fsp3) is 0.375. The third-order valence-corrected chi connectivity index (χ3v) is 3.83. The standard InChI is InChI=1S/C16H20N4O3/c1-22-15-9-12(3-4-14(15)23-8-5-17)16(21)19-10-13(11-19)20-7-2-6-18-20/h2-4,6-7,9,13H,5,8,10-11,17H2,1H3. The molecule has 2 aromatic rings. The maximum absolute atomic E-state index is 12.5. The lowest BCUT2D eigenvalue weighted by Crippen LogP contribution is -2.50. The second-order valence-corrected chi connectivity index (χ2v) is 5.35. The van der Waals surface area contributed by atoms with Crippen molar-refractivity contribution in [3.63, 3.8) is 0 Å². The average Bonchev–Trinajstić information content (AvgIpc) is 3.05. The molecule has 1 aromatic heterocycles. The third kappa shape index (κ3) is 3.14. The number of carbonyl (C=O) groups excluding carboxylic acids is 1. The largest absolute Gasteiger partial charge is 0.493 e. The van der Waals surface area contributed by atoms with E-state index in [1.165, 1.54) is 0 Å². The predicted molar refractivity (Wildman–Crippen MR) is 84.7 cm³/mol. The van der Waals surface area contributed by atoms with Gasteiger partial charge in [-0.1, -0.05) is 0 Å². The summed E-state index contributed by atoms with van der Waals surface area (Å²) in [7, 11) is 1.55. The molecule has 122 valence electrons. The molecule has 0 spiro atoms. The Bertz CT molecular complexity index is 666. The Labute approximate surface area is 134 Å². The number of benzene rings is 1. The highest BCUT2D eigenvalue weighted by atomic mass is 16.5. The molecule has 0 aliphatic carbocycles. The number of aromatic nitrogens is 2. The van der Waals surface area contributed by atoms with Gasteiger partial charge in [-0.15, -0.1) is 0 Å². The summed E-state index contributed by atoms with van der Waals surface area (Å²) in [5.74, 6) is 1.11. The van der Waals surface area contributed by atoms with Gasteiger partial charge in [-0.05, 0) is 24.3 Å². The van der Waals surface area contributed by atoms with Crippen LogP contribution >= 0.6 is 0 Å². The Morgan fingerprint density at radius 1 is 1.39 bits per heavy atom. The molecule has 23 heavy (non-hydrogen) atoms. The zero-order valence-corrected chi connectivity index (χ0v) is 13.0. The Balaban J connectivity index is 1.66. The number of ether oxygens (including phenoxy) is 2. The molecule has 7 heteroatoms. The zero-order valence-electron chi connectivity index (χ0n) is 13.0. The molecule has 1 saturated heterocycles. The van der Waals surface area contributed by atoms with Crippen LogP contribution in [0.4, 0.5) is 0 Å². The van der Waals surface area contributed by atoms with Crippen molar-refractivity contribution in [2.75, 3.05) is 33.4 Å². The molecule has 0 unspecified atom stereocenters. The number of nitrogens with zero attached hydrogens (tertiary/aromatic N) is 3. The molecule has 0 atom stereocenters. The lowest BCUT2D eigenvalue weighted by atomic mass is 10.1. The molecule has 1 fully saturated rings. The van der Waals surface area contributed by atoms with Crippen LogP contribution < -0.4 is 15.2 Å². The molecule has 0 radical (unpaired) electrons. The monoisotopic (exact) mass is 316 g/mol. The van der Waals surface area contributed by atoms with Crippen molar-refractivity contribution < 1.29 is 14.3 Å². The van der Waals surface area contributed by atoms with Crippen molar-refractivity contribution in [1.82, 2.24) is 14.7 Å². The maximum Gasteiger partial charge on any atom is 0.254 e. The summed E-state index contributed by atoms with van der Waals surface area (Å²) in [6.45, 7) is 2.15. The number of rotatable bonds is 6. The normalized spacial score (nSPS) is 14.4. The van der Waals surface area contributed by atoms with Gasteiger partial charge in [-0.3, -0.25) is 9.48 Å². The van der Waals surface area contributed by atoms with Gasteiger partial charge in [0.15, 0.2) is 11.5 Å². The Morgan fingerprint density at radius 3 is 2.87 bits per heavy atom. The van der Waals surface area contributed by atoms with E-state index in [0.29, 0.717) is 43.3 Å². The minimum absolute atomic E-state index is 0.0166. The minimum Gasteiger partial charge on any atom is -0.493 e. The topological polar surface area (TPSA) is 82.6 Å². The minimum atomic E-state index is -0.0166. The molecule has 1 amide bonds. The summed E-state index contributed by atoms with van der Waals surface area (Å²) < 4.78 is 12.7. The third-order valence-electron chi connectivity index (χ3n) is 3.83. The van der Waals surface area contributed by atoms with E-state index in [0.717, 1.165) is 0 Å². The second kappa shape index (κ2) is 6.70. The SMILES string of the molecule is COc1cc(C(=O)N2CC(n3cccn3)C2)ccc1OCCN. The van der Waals surface area contributed by atoms with E-state index < -0.39 is 0 Å². The second-order valence-electron chi connectivity index (χ2n) is 5.35. The van der Waals surface area contributed by atoms with E-state index in [4.69, 9.17) is 15.2 Å². The van der Waals surface area contributed by atoms with Crippen LogP contribution in [0.1, 0.15) is 16.4 Å². The molecule has 2 N–H and O–H groups in total. The van der Waals surface area contributed by atoms with Crippen molar-refractivity contribution in [1.29, 1.82) is 0 Å². The van der Waals surface area contributed by atoms with E-state index in [1.807, 2.05) is 16.9 Å². The van der Waals surface area contributed by atoms with Gasteiger partial charge in [0.25, 0.3) is 5.91 Å². The first-order chi connectivity index (χ1) is 11.2. The van der Waals surface area contributed by atoms with Crippen molar-refractivity contribution in [2.45, 2.75) is 6.04 Å². The van der Waals surface area contributed by atoms with Gasteiger partial charge in [0.2, 0.25) is 0 Å². The highest BCUT2D eigenvalue weighted by Crippen LogP contribution is 2.30. The van der Waals surface area contributed by atoms with E-state index >= 15 is 0 Å². The Morgan fingerprint density at radius 2 is 2.22 bits per heavy atom. The van der Waals surface area contributed by atoms with Gasteiger partial charge >= 0.3 is 0 Å². The van der Waals surface area contributed by atoms with E-state index in [9.17, 15) is 4.79 Å². The number of hydrogen-bond donors (Lipinski definition) is 1. The highest BCUT2D eigenvalue weighted by Gasteiger charge is 2.32. The lowest BCUT2D eigenvalue weighted by molar-refractivity contribution is 0.0501. The maximum atomic E-state index is 12.5. The molecule has 0 saturated carbocycles. The van der Waals surface area contributed by atoms with E-state index in [2.05, 4.69) is 5.10 Å². The summed E-state index contributed by atoms with van der Waals surface area (Å²) in [6, 6.07) is 7.33. The number of nitrogens with two attached hydrogens (primary N) is 1. The van der Waals surface area contributed by atoms with Gasteiger partial charge in [0.1, 0.15) is 6.61 Å². The number of methoxy groups -OCH3 is 1. The summed E-state index contributed by atoms with van der Waals surface area (Å²) >= 11 is 0. The van der Waals surface area contributed by atoms with Crippen LogP contribution in [0.15, 0.2) is 36.7 Å². The highest BCUT2D eigenvalue weighted by molar-refractivity contribution is 5.95. The van der Waals surface area contributed by atoms with Crippen molar-refractivity contribution in [2.24, 2.45) is 5.73 Å². The molecule has 7 nitrogen and oxygen atoms in total. The lowest BCUT2D eigenvalue weighted by Gasteiger charge is -2.39. The van der Waals surface area contributed by atoms with Gasteiger partial charge < -0.3 is 20.1 Å². The van der Waals surface area contributed by atoms with Gasteiger partial charge in [0.05, 0.1) is 13.2 Å². The van der Waals surface area contributed by atoms with Crippen LogP contribution in [0.2, 0.25) is 0 Å². The van der Waals surface area contributed by atoms with Crippen LogP contribution in [-0.2, 0) is 0 Å². The van der Waals surface area contributed by atoms with Crippen molar-refractivity contribution in [3.8, 4) is 11.5 Å². The fourth-order valence-electron chi connectivity index (χ4n) is 2.56. The van der Waals surface area contributed by atoms with E-state index in [-0.39, 0.29) is 11.9 Å². The molecular formula is C16H20N4O3. The molecule has 2 heterocycles. The van der Waals surface area contributed by atoms with E-state index in [1.54, 1.807) is 36.4 Å². The predicted octanol–water partition coefficient (Wildman–Crippen LogP) is 0.926. The first-order valence-corrected chi connectivity index (χ1v) is 7.52. The number of carbonyl (C=O) groups is 1. The quantitative estimate of drug-likeness (QED) is 0.857. The summed E-state index contributed by atoms with van der Waals surface area (Å²) in [5.41, 5.74) is 6.01. The summed E-state index contributed by atoms with van der Waals surface area (Å²) in [6.07, 6.45) is 3.66. The Hall–Kier alpha value is -2.54. The van der Waals surface area contributed by atoms with Crippen LogP contribution in [0.25, 0.3) is 0 Å². The molecule has 0 bridgehead atoms. The summed E-state index contributed by atoms with van der Waals surface area (Å²) in [4.78, 5) is 14.3. The fourth-order valence-corrected chi connectivity index (χ4v) is 2.56. The van der Waals surface area contributed by atoms with Gasteiger partial charge in [-0.2, -0.15) is 5.10 Å². The first-order valence-electron chi connectivity index (χ1n) is 7.52. The smallest absolute Gasteiger partial charge is 0.254 e. The number of likely N-dealkylation sites (tertiary alicyclic amines) is 1. The first kappa shape index (κ1) is 15.4. The molecular weight excluding hydrogens is 296 g/mol.